The number of halogens is 2. The zero-order chi connectivity index (χ0) is 19.1. The number of thiocarbonyl (C=S) groups is 1. The van der Waals surface area contributed by atoms with Gasteiger partial charge in [-0.2, -0.15) is 0 Å². The van der Waals surface area contributed by atoms with Gasteiger partial charge in [0.2, 0.25) is 0 Å². The molecule has 2 rings (SSSR count). The van der Waals surface area contributed by atoms with E-state index < -0.39 is 5.82 Å². The zero-order valence-corrected chi connectivity index (χ0v) is 15.8. The average Bonchev–Trinajstić information content (AvgIpc) is 2.60. The monoisotopic (exact) mass is 414 g/mol. The summed E-state index contributed by atoms with van der Waals surface area (Å²) in [5.41, 5.74) is 8.79. The Balaban J connectivity index is 2.28. The highest BCUT2D eigenvalue weighted by molar-refractivity contribution is 8.13. The Morgan fingerprint density at radius 2 is 2.00 bits per heavy atom. The molecule has 138 valence electrons. The van der Waals surface area contributed by atoms with Crippen LogP contribution in [0.1, 0.15) is 11.1 Å². The van der Waals surface area contributed by atoms with Gasteiger partial charge in [0.25, 0.3) is 5.17 Å². The van der Waals surface area contributed by atoms with E-state index in [1.807, 2.05) is 0 Å². The van der Waals surface area contributed by atoms with Crippen LogP contribution in [-0.4, -0.2) is 10.3 Å². The fraction of sp³-hybridized carbons (Fsp3) is 0.125. The van der Waals surface area contributed by atoms with E-state index >= 15 is 0 Å². The van der Waals surface area contributed by atoms with E-state index in [-0.39, 0.29) is 16.9 Å². The minimum Gasteiger partial charge on any atom is -0.465 e. The molecule has 0 unspecified atom stereocenters. The number of hydrogen-bond donors (Lipinski definition) is 4. The Hall–Kier alpha value is -2.07. The summed E-state index contributed by atoms with van der Waals surface area (Å²) in [6, 6.07) is 9.16. The van der Waals surface area contributed by atoms with Crippen LogP contribution in [0.5, 0.6) is 11.5 Å². The van der Waals surface area contributed by atoms with Gasteiger partial charge in [-0.25, -0.2) is 10.2 Å². The van der Waals surface area contributed by atoms with Crippen LogP contribution in [0.2, 0.25) is 5.02 Å². The molecule has 0 aliphatic rings. The summed E-state index contributed by atoms with van der Waals surface area (Å²) in [4.78, 5) is 0. The highest BCUT2D eigenvalue weighted by Crippen LogP contribution is 2.33. The van der Waals surface area contributed by atoms with Crippen LogP contribution >= 0.6 is 35.6 Å². The van der Waals surface area contributed by atoms with E-state index in [0.29, 0.717) is 27.8 Å². The van der Waals surface area contributed by atoms with Crippen LogP contribution in [-0.2, 0) is 17.1 Å². The van der Waals surface area contributed by atoms with Crippen molar-refractivity contribution in [1.29, 1.82) is 5.41 Å². The maximum atomic E-state index is 13.6. The third-order valence-electron chi connectivity index (χ3n) is 3.13. The fourth-order valence-electron chi connectivity index (χ4n) is 1.96. The van der Waals surface area contributed by atoms with Gasteiger partial charge in [0.1, 0.15) is 23.9 Å². The molecule has 0 aliphatic heterocycles. The van der Waals surface area contributed by atoms with Crippen molar-refractivity contribution in [2.45, 2.75) is 12.4 Å². The number of benzene rings is 2. The quantitative estimate of drug-likeness (QED) is 0.188. The molecule has 0 radical (unpaired) electrons. The van der Waals surface area contributed by atoms with E-state index in [1.54, 1.807) is 18.2 Å². The maximum Gasteiger partial charge on any atom is 0.271 e. The van der Waals surface area contributed by atoms with E-state index in [2.05, 4.69) is 5.43 Å². The van der Waals surface area contributed by atoms with Gasteiger partial charge in [-0.1, -0.05) is 29.4 Å². The van der Waals surface area contributed by atoms with Gasteiger partial charge in [-0.3, -0.25) is 10.8 Å². The maximum absolute atomic E-state index is 13.6. The van der Waals surface area contributed by atoms with Crippen molar-refractivity contribution in [3.05, 3.63) is 58.4 Å². The van der Waals surface area contributed by atoms with Gasteiger partial charge in [0, 0.05) is 21.9 Å². The molecular formula is C16H16ClFN4O2S2. The summed E-state index contributed by atoms with van der Waals surface area (Å²) in [5.74, 6) is 5.99. The minimum absolute atomic E-state index is 0.00966. The van der Waals surface area contributed by atoms with Gasteiger partial charge >= 0.3 is 0 Å². The van der Waals surface area contributed by atoms with Crippen LogP contribution < -0.4 is 21.7 Å². The lowest BCUT2D eigenvalue weighted by Crippen LogP contribution is -2.30. The number of nitrogens with two attached hydrogens (primary N) is 2. The van der Waals surface area contributed by atoms with Crippen molar-refractivity contribution in [3.8, 4) is 11.5 Å². The van der Waals surface area contributed by atoms with Crippen molar-refractivity contribution in [1.82, 2.24) is 5.43 Å². The average molecular weight is 415 g/mol. The molecule has 0 saturated carbocycles. The molecule has 2 aromatic carbocycles. The lowest BCUT2D eigenvalue weighted by Gasteiger charge is -2.15. The lowest BCUT2D eigenvalue weighted by molar-refractivity contribution is 0.281. The third-order valence-corrected chi connectivity index (χ3v) is 4.37. The molecule has 2 aromatic rings. The smallest absolute Gasteiger partial charge is 0.271 e. The first kappa shape index (κ1) is 20.2. The first-order valence-corrected chi connectivity index (χ1v) is 9.01. The zero-order valence-electron chi connectivity index (χ0n) is 13.4. The third kappa shape index (κ3) is 6.03. The summed E-state index contributed by atoms with van der Waals surface area (Å²) in [6.45, 7) is -0.0335. The number of hydrogen-bond acceptors (Lipinski definition) is 6. The summed E-state index contributed by atoms with van der Waals surface area (Å²) >= 11 is 12.0. The van der Waals surface area contributed by atoms with Crippen LogP contribution in [0.4, 0.5) is 4.39 Å². The first-order valence-electron chi connectivity index (χ1n) is 7.24. The summed E-state index contributed by atoms with van der Waals surface area (Å²) < 4.78 is 24.7. The highest BCUT2D eigenvalue weighted by Gasteiger charge is 2.12. The molecule has 0 saturated heterocycles. The van der Waals surface area contributed by atoms with Crippen molar-refractivity contribution in [2.75, 3.05) is 0 Å². The summed E-state index contributed by atoms with van der Waals surface area (Å²) in [7, 11) is 0. The molecule has 10 heteroatoms. The van der Waals surface area contributed by atoms with Crippen LogP contribution in [0.25, 0.3) is 0 Å². The number of hydrazine groups is 1. The fourth-order valence-corrected chi connectivity index (χ4v) is 2.73. The molecule has 6 N–H and O–H groups in total. The first-order chi connectivity index (χ1) is 12.4. The predicted octanol–water partition coefficient (Wildman–Crippen LogP) is 3.66. The van der Waals surface area contributed by atoms with Crippen molar-refractivity contribution in [2.24, 2.45) is 11.6 Å². The van der Waals surface area contributed by atoms with Crippen LogP contribution in [0.15, 0.2) is 36.4 Å². The van der Waals surface area contributed by atoms with E-state index in [4.69, 9.17) is 50.3 Å². The minimum atomic E-state index is -0.443. The molecule has 0 aromatic heterocycles. The molecule has 26 heavy (non-hydrogen) atoms. The van der Waals surface area contributed by atoms with E-state index in [0.717, 1.165) is 17.3 Å². The largest absolute Gasteiger partial charge is 0.465 e. The Morgan fingerprint density at radius 3 is 2.69 bits per heavy atom. The van der Waals surface area contributed by atoms with Crippen molar-refractivity contribution >= 4 is 45.9 Å². The van der Waals surface area contributed by atoms with E-state index in [1.165, 1.54) is 18.2 Å². The normalized spacial score (nSPS) is 10.3. The molecule has 0 fully saturated rings. The Bertz CT molecular complexity index is 823. The number of thioether (sulfide) groups is 1. The number of ether oxygens (including phenoxy) is 2. The van der Waals surface area contributed by atoms with Gasteiger partial charge in [-0.05, 0) is 42.5 Å². The predicted molar refractivity (Wildman–Crippen MR) is 106 cm³/mol. The molecule has 0 heterocycles. The topological polar surface area (TPSA) is 106 Å². The Labute approximate surface area is 164 Å². The lowest BCUT2D eigenvalue weighted by atomic mass is 10.2. The second-order valence-electron chi connectivity index (χ2n) is 4.98. The highest BCUT2D eigenvalue weighted by atomic mass is 35.5. The van der Waals surface area contributed by atoms with Crippen molar-refractivity contribution < 1.29 is 13.9 Å². The SMILES string of the molecule is N=C(N)SCc1ccc(Cl)cc1Oc1ccc(F)cc1COC(=S)NN. The molecule has 0 bridgehead atoms. The van der Waals surface area contributed by atoms with Gasteiger partial charge in [0.05, 0.1) is 0 Å². The van der Waals surface area contributed by atoms with Crippen LogP contribution in [0.3, 0.4) is 0 Å². The number of rotatable bonds is 6. The molecule has 0 aliphatic carbocycles. The number of amidine groups is 1. The molecule has 6 nitrogen and oxygen atoms in total. The van der Waals surface area contributed by atoms with Gasteiger partial charge in [-0.15, -0.1) is 0 Å². The second-order valence-corrected chi connectivity index (χ2v) is 6.80. The molecular weight excluding hydrogens is 399 g/mol. The summed E-state index contributed by atoms with van der Waals surface area (Å²) in [6.07, 6.45) is 0. The Kier molecular flexibility index (Phi) is 7.46. The summed E-state index contributed by atoms with van der Waals surface area (Å²) in [5, 5.41) is 7.78. The van der Waals surface area contributed by atoms with Gasteiger partial charge in [0.15, 0.2) is 5.17 Å². The Morgan fingerprint density at radius 1 is 1.23 bits per heavy atom. The van der Waals surface area contributed by atoms with Crippen LogP contribution in [0, 0.1) is 11.2 Å². The molecule has 0 amide bonds. The molecule has 0 spiro atoms. The van der Waals surface area contributed by atoms with Gasteiger partial charge < -0.3 is 15.2 Å². The second kappa shape index (κ2) is 9.58. The number of nitrogens with one attached hydrogen (secondary N) is 2. The standard InChI is InChI=1S/C16H16ClFN4O2S2/c17-11-2-1-9(8-26-15(19)20)14(6-11)24-13-4-3-12(18)5-10(13)7-23-16(25)22-21/h1-6H,7-8,21H2,(H3,19,20)(H,22,25). The van der Waals surface area contributed by atoms with Crippen molar-refractivity contribution in [3.63, 3.8) is 0 Å². The van der Waals surface area contributed by atoms with E-state index in [9.17, 15) is 4.39 Å². The molecule has 0 atom stereocenters.